The van der Waals surface area contributed by atoms with Crippen LogP contribution in [0.5, 0.6) is 0 Å². The van der Waals surface area contributed by atoms with E-state index >= 15 is 0 Å². The molecule has 0 aliphatic carbocycles. The van der Waals surface area contributed by atoms with E-state index in [2.05, 4.69) is 10.6 Å². The molecular formula is C19H17N3O4S. The van der Waals surface area contributed by atoms with Gasteiger partial charge in [0.1, 0.15) is 0 Å². The lowest BCUT2D eigenvalue weighted by Gasteiger charge is -2.11. The largest absolute Gasteiger partial charge is 0.348 e. The predicted molar refractivity (Wildman–Crippen MR) is 100 cm³/mol. The molecule has 3 rings (SSSR count). The van der Waals surface area contributed by atoms with Gasteiger partial charge in [0.2, 0.25) is 0 Å². The summed E-state index contributed by atoms with van der Waals surface area (Å²) in [4.78, 5) is 24.7. The second kappa shape index (κ2) is 7.60. The maximum atomic E-state index is 12.4. The fourth-order valence-corrected chi connectivity index (χ4v) is 4.48. The number of nitrogens with one attached hydrogen (secondary N) is 2. The molecule has 0 aromatic heterocycles. The molecule has 1 aliphatic heterocycles. The molecule has 8 heteroatoms. The van der Waals surface area contributed by atoms with E-state index in [-0.39, 0.29) is 17.1 Å². The van der Waals surface area contributed by atoms with Gasteiger partial charge in [-0.1, -0.05) is 6.07 Å². The number of nitriles is 1. The lowest BCUT2D eigenvalue weighted by molar-refractivity contribution is 0.0941. The summed E-state index contributed by atoms with van der Waals surface area (Å²) >= 11 is 0. The maximum absolute atomic E-state index is 12.4. The zero-order chi connectivity index (χ0) is 19.4. The number of hydrogen-bond acceptors (Lipinski definition) is 5. The molecule has 0 radical (unpaired) electrons. The highest BCUT2D eigenvalue weighted by atomic mass is 32.2. The first-order valence-corrected chi connectivity index (χ1v) is 10.1. The van der Waals surface area contributed by atoms with Crippen LogP contribution < -0.4 is 10.6 Å². The predicted octanol–water partition coefficient (Wildman–Crippen LogP) is 1.73. The topological polar surface area (TPSA) is 116 Å². The first-order chi connectivity index (χ1) is 12.9. The van der Waals surface area contributed by atoms with Crippen molar-refractivity contribution in [3.63, 3.8) is 0 Å². The fraction of sp³-hybridized carbons (Fsp3) is 0.211. The van der Waals surface area contributed by atoms with Gasteiger partial charge < -0.3 is 10.6 Å². The van der Waals surface area contributed by atoms with E-state index in [0.29, 0.717) is 23.2 Å². The van der Waals surface area contributed by atoms with Crippen molar-refractivity contribution in [3.05, 3.63) is 65.2 Å². The molecule has 0 saturated carbocycles. The Kier molecular flexibility index (Phi) is 5.23. The highest BCUT2D eigenvalue weighted by Gasteiger charge is 2.29. The number of sulfone groups is 1. The van der Waals surface area contributed by atoms with Gasteiger partial charge in [-0.05, 0) is 48.9 Å². The Bertz CT molecular complexity index is 1020. The molecular weight excluding hydrogens is 366 g/mol. The first-order valence-electron chi connectivity index (χ1n) is 8.29. The molecule has 0 bridgehead atoms. The standard InChI is InChI=1S/C19H17N3O4S/c20-11-13-4-6-16(7-5-13)21-18(23)14-2-1-3-15(10-14)19(24)22-17-8-9-27(25,26)12-17/h1-7,10,17H,8-9,12H2,(H,21,23)(H,22,24). The Morgan fingerprint density at radius 3 is 2.30 bits per heavy atom. The smallest absolute Gasteiger partial charge is 0.255 e. The van der Waals surface area contributed by atoms with Crippen molar-refractivity contribution >= 4 is 27.3 Å². The van der Waals surface area contributed by atoms with Crippen LogP contribution in [0.15, 0.2) is 48.5 Å². The minimum atomic E-state index is -3.08. The third kappa shape index (κ3) is 4.71. The van der Waals surface area contributed by atoms with Crippen LogP contribution in [0.2, 0.25) is 0 Å². The summed E-state index contributed by atoms with van der Waals surface area (Å²) in [6.07, 6.45) is 0.396. The van der Waals surface area contributed by atoms with Crippen molar-refractivity contribution in [2.75, 3.05) is 16.8 Å². The second-order valence-electron chi connectivity index (χ2n) is 6.30. The maximum Gasteiger partial charge on any atom is 0.255 e. The van der Waals surface area contributed by atoms with E-state index < -0.39 is 27.7 Å². The van der Waals surface area contributed by atoms with Crippen molar-refractivity contribution in [1.29, 1.82) is 5.26 Å². The fourth-order valence-electron chi connectivity index (χ4n) is 2.81. The van der Waals surface area contributed by atoms with Gasteiger partial charge in [0.15, 0.2) is 9.84 Å². The van der Waals surface area contributed by atoms with Crippen LogP contribution in [-0.2, 0) is 9.84 Å². The van der Waals surface area contributed by atoms with Gasteiger partial charge in [-0.15, -0.1) is 0 Å². The third-order valence-electron chi connectivity index (χ3n) is 4.23. The van der Waals surface area contributed by atoms with E-state index in [9.17, 15) is 18.0 Å². The minimum Gasteiger partial charge on any atom is -0.348 e. The molecule has 1 saturated heterocycles. The average molecular weight is 383 g/mol. The van der Waals surface area contributed by atoms with Gasteiger partial charge >= 0.3 is 0 Å². The normalized spacial score (nSPS) is 17.7. The van der Waals surface area contributed by atoms with Crippen molar-refractivity contribution < 1.29 is 18.0 Å². The summed E-state index contributed by atoms with van der Waals surface area (Å²) in [6.45, 7) is 0. The SMILES string of the molecule is N#Cc1ccc(NC(=O)c2cccc(C(=O)NC3CCS(=O)(=O)C3)c2)cc1. The molecule has 1 fully saturated rings. The highest BCUT2D eigenvalue weighted by Crippen LogP contribution is 2.14. The van der Waals surface area contributed by atoms with Gasteiger partial charge in [0, 0.05) is 22.9 Å². The van der Waals surface area contributed by atoms with E-state index in [1.54, 1.807) is 42.5 Å². The Morgan fingerprint density at radius 1 is 1.04 bits per heavy atom. The van der Waals surface area contributed by atoms with Gasteiger partial charge in [-0.25, -0.2) is 8.42 Å². The number of amides is 2. The van der Waals surface area contributed by atoms with Crippen LogP contribution >= 0.6 is 0 Å². The Morgan fingerprint density at radius 2 is 1.70 bits per heavy atom. The number of anilines is 1. The zero-order valence-corrected chi connectivity index (χ0v) is 15.1. The summed E-state index contributed by atoms with van der Waals surface area (Å²) in [5.74, 6) is -0.786. The summed E-state index contributed by atoms with van der Waals surface area (Å²) in [6, 6.07) is 14.2. The average Bonchev–Trinajstić information content (AvgIpc) is 3.00. The number of rotatable bonds is 4. The van der Waals surface area contributed by atoms with Crippen LogP contribution in [0.4, 0.5) is 5.69 Å². The van der Waals surface area contributed by atoms with Crippen molar-refractivity contribution in [3.8, 4) is 6.07 Å². The van der Waals surface area contributed by atoms with Gasteiger partial charge in [0.25, 0.3) is 11.8 Å². The van der Waals surface area contributed by atoms with Crippen LogP contribution in [0.25, 0.3) is 0 Å². The monoisotopic (exact) mass is 383 g/mol. The Hall–Kier alpha value is -3.18. The third-order valence-corrected chi connectivity index (χ3v) is 5.99. The second-order valence-corrected chi connectivity index (χ2v) is 8.53. The lowest BCUT2D eigenvalue weighted by atomic mass is 10.1. The Balaban J connectivity index is 1.68. The number of carbonyl (C=O) groups is 2. The molecule has 0 spiro atoms. The zero-order valence-electron chi connectivity index (χ0n) is 14.3. The molecule has 2 aromatic carbocycles. The Labute approximate surface area is 156 Å². The van der Waals surface area contributed by atoms with Crippen LogP contribution in [0.1, 0.15) is 32.7 Å². The van der Waals surface area contributed by atoms with Crippen LogP contribution in [0.3, 0.4) is 0 Å². The van der Waals surface area contributed by atoms with Crippen LogP contribution in [-0.4, -0.2) is 37.8 Å². The molecule has 1 atom stereocenters. The minimum absolute atomic E-state index is 0.0579. The van der Waals surface area contributed by atoms with Crippen molar-refractivity contribution in [2.45, 2.75) is 12.5 Å². The number of benzene rings is 2. The summed E-state index contributed by atoms with van der Waals surface area (Å²) in [7, 11) is -3.08. The molecule has 1 aliphatic rings. The first kappa shape index (κ1) is 18.6. The van der Waals surface area contributed by atoms with E-state index in [4.69, 9.17) is 5.26 Å². The molecule has 1 heterocycles. The molecule has 2 N–H and O–H groups in total. The molecule has 7 nitrogen and oxygen atoms in total. The highest BCUT2D eigenvalue weighted by molar-refractivity contribution is 7.91. The van der Waals surface area contributed by atoms with Crippen molar-refractivity contribution in [2.24, 2.45) is 0 Å². The van der Waals surface area contributed by atoms with Gasteiger partial charge in [-0.3, -0.25) is 9.59 Å². The van der Waals surface area contributed by atoms with E-state index in [0.717, 1.165) is 0 Å². The summed E-state index contributed by atoms with van der Waals surface area (Å²) in [5.41, 5.74) is 1.60. The quantitative estimate of drug-likeness (QED) is 0.834. The van der Waals surface area contributed by atoms with E-state index in [1.807, 2.05) is 6.07 Å². The van der Waals surface area contributed by atoms with Gasteiger partial charge in [-0.2, -0.15) is 5.26 Å². The van der Waals surface area contributed by atoms with Gasteiger partial charge in [0.05, 0.1) is 23.1 Å². The molecule has 138 valence electrons. The summed E-state index contributed by atoms with van der Waals surface area (Å²) in [5, 5.41) is 14.2. The van der Waals surface area contributed by atoms with Crippen molar-refractivity contribution in [1.82, 2.24) is 5.32 Å². The summed E-state index contributed by atoms with van der Waals surface area (Å²) < 4.78 is 23.0. The number of hydrogen-bond donors (Lipinski definition) is 2. The molecule has 2 aromatic rings. The molecule has 27 heavy (non-hydrogen) atoms. The number of nitrogens with zero attached hydrogens (tertiary/aromatic N) is 1. The number of carbonyl (C=O) groups excluding carboxylic acids is 2. The van der Waals surface area contributed by atoms with E-state index in [1.165, 1.54) is 6.07 Å². The molecule has 2 amide bonds. The molecule has 1 unspecified atom stereocenters. The van der Waals surface area contributed by atoms with Crippen LogP contribution in [0, 0.1) is 11.3 Å². The lowest BCUT2D eigenvalue weighted by Crippen LogP contribution is -2.35.